The topological polar surface area (TPSA) is 43.1 Å². The Morgan fingerprint density at radius 1 is 1.56 bits per heavy atom. The highest BCUT2D eigenvalue weighted by Gasteiger charge is 1.82. The second-order valence-corrected chi connectivity index (χ2v) is 2.32. The monoisotopic (exact) mass is 189 g/mol. The van der Waals surface area contributed by atoms with E-state index in [0.29, 0.717) is 0 Å². The van der Waals surface area contributed by atoms with E-state index in [9.17, 15) is 4.79 Å². The first-order valence-corrected chi connectivity index (χ1v) is 3.25. The van der Waals surface area contributed by atoms with E-state index in [1.54, 1.807) is 6.08 Å². The van der Waals surface area contributed by atoms with Crippen LogP contribution in [0.5, 0.6) is 0 Å². The molecule has 0 aliphatic heterocycles. The van der Waals surface area contributed by atoms with E-state index < -0.39 is 5.91 Å². The van der Waals surface area contributed by atoms with Crippen LogP contribution in [0.2, 0.25) is 0 Å². The summed E-state index contributed by atoms with van der Waals surface area (Å²) in [6.45, 7) is 1.86. The summed E-state index contributed by atoms with van der Waals surface area (Å²) < 4.78 is 0.848. The lowest BCUT2D eigenvalue weighted by Crippen LogP contribution is -2.05. The number of amides is 1. The number of halogens is 1. The Bertz CT molecular complexity index is 160. The van der Waals surface area contributed by atoms with Crippen molar-refractivity contribution in [3.8, 4) is 0 Å². The predicted molar refractivity (Wildman–Crippen MR) is 41.0 cm³/mol. The average molecular weight is 190 g/mol. The van der Waals surface area contributed by atoms with Crippen LogP contribution in [0.3, 0.4) is 0 Å². The third kappa shape index (κ3) is 5.30. The van der Waals surface area contributed by atoms with E-state index >= 15 is 0 Å². The molecule has 50 valence electrons. The van der Waals surface area contributed by atoms with Crippen molar-refractivity contribution in [3.63, 3.8) is 0 Å². The summed E-state index contributed by atoms with van der Waals surface area (Å²) in [5.41, 5.74) is 4.82. The molecule has 0 aromatic carbocycles. The molecule has 0 unspecified atom stereocenters. The number of carbonyl (C=O) groups excluding carboxylic acids is 1. The van der Waals surface area contributed by atoms with Crippen LogP contribution in [0.15, 0.2) is 22.7 Å². The van der Waals surface area contributed by atoms with Crippen molar-refractivity contribution in [2.45, 2.75) is 6.92 Å². The van der Waals surface area contributed by atoms with Crippen molar-refractivity contribution >= 4 is 21.8 Å². The Hall–Kier alpha value is -0.570. The quantitative estimate of drug-likeness (QED) is 0.517. The van der Waals surface area contributed by atoms with Gasteiger partial charge in [0, 0.05) is 10.6 Å². The summed E-state index contributed by atoms with van der Waals surface area (Å²) >= 11 is 3.17. The highest BCUT2D eigenvalue weighted by Crippen LogP contribution is 2.04. The van der Waals surface area contributed by atoms with Crippen LogP contribution < -0.4 is 5.73 Å². The normalized spacial score (nSPS) is 12.4. The molecular formula is C6H8BrNO. The third-order valence-corrected chi connectivity index (χ3v) is 1.40. The van der Waals surface area contributed by atoms with Crippen molar-refractivity contribution in [1.29, 1.82) is 0 Å². The van der Waals surface area contributed by atoms with Crippen molar-refractivity contribution < 1.29 is 4.79 Å². The van der Waals surface area contributed by atoms with Crippen molar-refractivity contribution in [2.24, 2.45) is 5.73 Å². The lowest BCUT2D eigenvalue weighted by Gasteiger charge is -1.81. The smallest absolute Gasteiger partial charge is 0.241 e. The molecule has 0 spiro atoms. The molecule has 0 heterocycles. The molecule has 0 aromatic rings. The molecule has 0 saturated carbocycles. The zero-order valence-corrected chi connectivity index (χ0v) is 6.68. The molecule has 0 radical (unpaired) electrons. The third-order valence-electron chi connectivity index (χ3n) is 0.683. The van der Waals surface area contributed by atoms with Gasteiger partial charge in [0.05, 0.1) is 0 Å². The van der Waals surface area contributed by atoms with Crippen molar-refractivity contribution in [1.82, 2.24) is 0 Å². The van der Waals surface area contributed by atoms with Crippen LogP contribution in [0, 0.1) is 0 Å². The molecule has 9 heavy (non-hydrogen) atoms. The maximum Gasteiger partial charge on any atom is 0.241 e. The number of nitrogens with two attached hydrogens (primary N) is 1. The van der Waals surface area contributed by atoms with Crippen LogP contribution in [0.4, 0.5) is 0 Å². The average Bonchev–Trinajstić information content (AvgIpc) is 1.83. The maximum absolute atomic E-state index is 10.1. The van der Waals surface area contributed by atoms with Gasteiger partial charge in [0.1, 0.15) is 0 Å². The van der Waals surface area contributed by atoms with Gasteiger partial charge in [-0.05, 0) is 13.0 Å². The van der Waals surface area contributed by atoms with E-state index in [4.69, 9.17) is 5.73 Å². The zero-order chi connectivity index (χ0) is 7.28. The lowest BCUT2D eigenvalue weighted by molar-refractivity contribution is -0.113. The molecule has 0 aromatic heterocycles. The highest BCUT2D eigenvalue weighted by atomic mass is 79.9. The Balaban J connectivity index is 3.86. The van der Waals surface area contributed by atoms with Crippen molar-refractivity contribution in [2.75, 3.05) is 0 Å². The van der Waals surface area contributed by atoms with E-state index in [0.717, 1.165) is 4.48 Å². The van der Waals surface area contributed by atoms with Gasteiger partial charge in [0.2, 0.25) is 5.91 Å². The molecule has 0 bridgehead atoms. The minimum absolute atomic E-state index is 0.436. The fraction of sp³-hybridized carbons (Fsp3) is 0.167. The lowest BCUT2D eigenvalue weighted by atomic mass is 10.4. The van der Waals surface area contributed by atoms with Gasteiger partial charge in [-0.3, -0.25) is 4.79 Å². The van der Waals surface area contributed by atoms with Crippen LogP contribution >= 0.6 is 15.9 Å². The van der Waals surface area contributed by atoms with Gasteiger partial charge in [0.15, 0.2) is 0 Å². The number of allylic oxidation sites excluding steroid dienone is 3. The maximum atomic E-state index is 10.1. The predicted octanol–water partition coefficient (Wildman–Crippen LogP) is 1.33. The Morgan fingerprint density at radius 3 is 2.44 bits per heavy atom. The number of hydrogen-bond donors (Lipinski definition) is 1. The second kappa shape index (κ2) is 4.32. The molecule has 0 aliphatic rings. The molecule has 0 rings (SSSR count). The molecule has 0 fully saturated rings. The first kappa shape index (κ1) is 8.43. The van der Waals surface area contributed by atoms with Gasteiger partial charge >= 0.3 is 0 Å². The van der Waals surface area contributed by atoms with Crippen LogP contribution in [0.25, 0.3) is 0 Å². The molecule has 3 heteroatoms. The molecule has 1 amide bonds. The van der Waals surface area contributed by atoms with Gasteiger partial charge in [-0.2, -0.15) is 0 Å². The van der Waals surface area contributed by atoms with Crippen LogP contribution in [-0.4, -0.2) is 5.91 Å². The van der Waals surface area contributed by atoms with Gasteiger partial charge in [-0.1, -0.05) is 22.0 Å². The fourth-order valence-electron chi connectivity index (χ4n) is 0.258. The standard InChI is InChI=1S/C6H8BrNO/c1-2-5(7)3-4-6(8)9/h2-4H,1H3,(H2,8,9). The summed E-state index contributed by atoms with van der Waals surface area (Å²) in [5.74, 6) is -0.436. The first-order chi connectivity index (χ1) is 4.16. The zero-order valence-electron chi connectivity index (χ0n) is 5.10. The summed E-state index contributed by atoms with van der Waals surface area (Å²) in [6.07, 6.45) is 4.71. The number of primary amides is 1. The van der Waals surface area contributed by atoms with Crippen molar-refractivity contribution in [3.05, 3.63) is 22.7 Å². The Labute approximate surface area is 62.6 Å². The van der Waals surface area contributed by atoms with Gasteiger partial charge < -0.3 is 5.73 Å². The number of hydrogen-bond acceptors (Lipinski definition) is 1. The SMILES string of the molecule is CC=C(Br)C=CC(N)=O. The first-order valence-electron chi connectivity index (χ1n) is 2.46. The minimum Gasteiger partial charge on any atom is -0.366 e. The summed E-state index contributed by atoms with van der Waals surface area (Å²) in [7, 11) is 0. The van der Waals surface area contributed by atoms with Gasteiger partial charge in [0.25, 0.3) is 0 Å². The largest absolute Gasteiger partial charge is 0.366 e. The van der Waals surface area contributed by atoms with E-state index in [2.05, 4.69) is 15.9 Å². The molecule has 0 saturated heterocycles. The molecule has 0 aliphatic carbocycles. The molecular weight excluding hydrogens is 182 g/mol. The Morgan fingerprint density at radius 2 is 2.11 bits per heavy atom. The number of carbonyl (C=O) groups is 1. The van der Waals surface area contributed by atoms with Crippen LogP contribution in [0.1, 0.15) is 6.92 Å². The second-order valence-electron chi connectivity index (χ2n) is 1.41. The minimum atomic E-state index is -0.436. The molecule has 2 nitrogen and oxygen atoms in total. The van der Waals surface area contributed by atoms with E-state index in [1.165, 1.54) is 6.08 Å². The number of rotatable bonds is 2. The highest BCUT2D eigenvalue weighted by molar-refractivity contribution is 9.11. The molecule has 2 N–H and O–H groups in total. The van der Waals surface area contributed by atoms with E-state index in [1.807, 2.05) is 13.0 Å². The summed E-state index contributed by atoms with van der Waals surface area (Å²) in [6, 6.07) is 0. The van der Waals surface area contributed by atoms with E-state index in [-0.39, 0.29) is 0 Å². The molecule has 0 atom stereocenters. The van der Waals surface area contributed by atoms with Gasteiger partial charge in [-0.25, -0.2) is 0 Å². The fourth-order valence-corrected chi connectivity index (χ4v) is 0.390. The summed E-state index contributed by atoms with van der Waals surface area (Å²) in [5, 5.41) is 0. The van der Waals surface area contributed by atoms with Gasteiger partial charge in [-0.15, -0.1) is 0 Å². The Kier molecular flexibility index (Phi) is 4.05. The van der Waals surface area contributed by atoms with Crippen LogP contribution in [-0.2, 0) is 4.79 Å². The summed E-state index contributed by atoms with van der Waals surface area (Å²) in [4.78, 5) is 10.1.